The number of carbonyl (C=O) groups excluding carboxylic acids is 1. The van der Waals surface area contributed by atoms with Crippen LogP contribution in [-0.2, 0) is 24.2 Å². The van der Waals surface area contributed by atoms with Crippen LogP contribution in [0.15, 0.2) is 18.2 Å². The first-order valence-electron chi connectivity index (χ1n) is 6.50. The van der Waals surface area contributed by atoms with Gasteiger partial charge in [0.2, 0.25) is 0 Å². The zero-order chi connectivity index (χ0) is 13.6. The Labute approximate surface area is 110 Å². The summed E-state index contributed by atoms with van der Waals surface area (Å²) in [5, 5.41) is 10.0. The molecule has 4 nitrogen and oxygen atoms in total. The van der Waals surface area contributed by atoms with E-state index in [1.165, 1.54) is 5.69 Å². The van der Waals surface area contributed by atoms with Crippen LogP contribution in [0.2, 0.25) is 0 Å². The molecule has 0 amide bonds. The van der Waals surface area contributed by atoms with Gasteiger partial charge in [0.05, 0.1) is 5.56 Å². The summed E-state index contributed by atoms with van der Waals surface area (Å²) in [5.41, 5.74) is 3.53. The highest BCUT2D eigenvalue weighted by atomic mass is 16.4. The summed E-state index contributed by atoms with van der Waals surface area (Å²) in [6, 6.07) is 5.18. The van der Waals surface area contributed by atoms with E-state index in [2.05, 4.69) is 11.5 Å². The van der Waals surface area contributed by atoms with Gasteiger partial charge in [-0.15, -0.1) is 0 Å². The molecule has 19 heavy (non-hydrogen) atoms. The molecule has 0 unspecified atom stereocenters. The maximum atomic E-state index is 11.7. The van der Waals surface area contributed by atoms with Crippen molar-refractivity contribution < 1.29 is 14.7 Å². The SMILES string of the molecule is CCn1c2c(c3cc(C(=O)O)ccc31)CC(=O)CC2. The largest absolute Gasteiger partial charge is 0.478 e. The number of aromatic nitrogens is 1. The van der Waals surface area contributed by atoms with Crippen LogP contribution in [0.5, 0.6) is 0 Å². The highest BCUT2D eigenvalue weighted by Gasteiger charge is 2.23. The maximum Gasteiger partial charge on any atom is 0.335 e. The van der Waals surface area contributed by atoms with Gasteiger partial charge in [0.1, 0.15) is 5.78 Å². The van der Waals surface area contributed by atoms with Crippen molar-refractivity contribution in [3.63, 3.8) is 0 Å². The minimum Gasteiger partial charge on any atom is -0.478 e. The number of ketones is 1. The minimum atomic E-state index is -0.929. The summed E-state index contributed by atoms with van der Waals surface area (Å²) in [5.74, 6) is -0.689. The van der Waals surface area contributed by atoms with Crippen molar-refractivity contribution in [3.8, 4) is 0 Å². The van der Waals surface area contributed by atoms with Gasteiger partial charge in [0.25, 0.3) is 0 Å². The van der Waals surface area contributed by atoms with E-state index in [1.54, 1.807) is 12.1 Å². The Morgan fingerprint density at radius 1 is 1.37 bits per heavy atom. The van der Waals surface area contributed by atoms with Crippen molar-refractivity contribution in [2.24, 2.45) is 0 Å². The van der Waals surface area contributed by atoms with E-state index < -0.39 is 5.97 Å². The Morgan fingerprint density at radius 2 is 2.16 bits per heavy atom. The molecule has 0 atom stereocenters. The molecule has 1 aromatic carbocycles. The lowest BCUT2D eigenvalue weighted by molar-refractivity contribution is -0.118. The van der Waals surface area contributed by atoms with E-state index in [-0.39, 0.29) is 11.3 Å². The third kappa shape index (κ3) is 1.75. The number of carbonyl (C=O) groups is 2. The molecule has 0 saturated heterocycles. The van der Waals surface area contributed by atoms with Crippen molar-refractivity contribution in [2.75, 3.05) is 0 Å². The van der Waals surface area contributed by atoms with Crippen LogP contribution in [0.25, 0.3) is 10.9 Å². The third-order valence-electron chi connectivity index (χ3n) is 3.86. The van der Waals surface area contributed by atoms with Gasteiger partial charge in [-0.3, -0.25) is 4.79 Å². The molecule has 0 fully saturated rings. The van der Waals surface area contributed by atoms with Crippen LogP contribution in [0, 0.1) is 0 Å². The molecule has 3 rings (SSSR count). The molecule has 0 saturated carbocycles. The highest BCUT2D eigenvalue weighted by Crippen LogP contribution is 2.31. The number of fused-ring (bicyclic) bond motifs is 3. The van der Waals surface area contributed by atoms with Gasteiger partial charge in [0, 0.05) is 36.0 Å². The summed E-state index contributed by atoms with van der Waals surface area (Å²) < 4.78 is 2.20. The van der Waals surface area contributed by atoms with Gasteiger partial charge in [-0.1, -0.05) is 0 Å². The average Bonchev–Trinajstić information content (AvgIpc) is 2.71. The molecule has 2 aromatic rings. The second kappa shape index (κ2) is 4.23. The molecule has 1 aliphatic carbocycles. The minimum absolute atomic E-state index is 0.239. The maximum absolute atomic E-state index is 11.7. The van der Waals surface area contributed by atoms with Crippen LogP contribution in [0.3, 0.4) is 0 Å². The molecule has 98 valence electrons. The van der Waals surface area contributed by atoms with Gasteiger partial charge in [-0.05, 0) is 37.1 Å². The van der Waals surface area contributed by atoms with E-state index >= 15 is 0 Å². The Bertz CT molecular complexity index is 697. The summed E-state index contributed by atoms with van der Waals surface area (Å²) >= 11 is 0. The van der Waals surface area contributed by atoms with Gasteiger partial charge >= 0.3 is 5.97 Å². The van der Waals surface area contributed by atoms with E-state index in [0.29, 0.717) is 12.8 Å². The van der Waals surface area contributed by atoms with Crippen LogP contribution < -0.4 is 0 Å². The molecule has 1 heterocycles. The fourth-order valence-electron chi connectivity index (χ4n) is 3.00. The van der Waals surface area contributed by atoms with Crippen LogP contribution in [0.4, 0.5) is 0 Å². The summed E-state index contributed by atoms with van der Waals surface area (Å²) in [4.78, 5) is 22.7. The number of carboxylic acids is 1. The Kier molecular flexibility index (Phi) is 2.66. The number of nitrogens with zero attached hydrogens (tertiary/aromatic N) is 1. The Morgan fingerprint density at radius 3 is 2.84 bits per heavy atom. The summed E-state index contributed by atoms with van der Waals surface area (Å²) in [6.45, 7) is 2.91. The number of Topliss-reactive ketones (excluding diaryl/α,β-unsaturated/α-hetero) is 1. The Hall–Kier alpha value is -2.10. The standard InChI is InChI=1S/C15H15NO3/c1-2-16-13-5-3-9(15(18)19)7-11(13)12-8-10(17)4-6-14(12)16/h3,5,7H,2,4,6,8H2,1H3,(H,18,19). The quantitative estimate of drug-likeness (QED) is 0.898. The second-order valence-corrected chi connectivity index (χ2v) is 4.92. The number of aromatic carboxylic acids is 1. The lowest BCUT2D eigenvalue weighted by Gasteiger charge is -2.13. The van der Waals surface area contributed by atoms with E-state index in [4.69, 9.17) is 5.11 Å². The average molecular weight is 257 g/mol. The van der Waals surface area contributed by atoms with Gasteiger partial charge < -0.3 is 9.67 Å². The summed E-state index contributed by atoms with van der Waals surface area (Å²) in [6.07, 6.45) is 1.79. The molecular formula is C15H15NO3. The third-order valence-corrected chi connectivity index (χ3v) is 3.86. The number of rotatable bonds is 2. The lowest BCUT2D eigenvalue weighted by atomic mass is 9.94. The lowest BCUT2D eigenvalue weighted by Crippen LogP contribution is -2.15. The Balaban J connectivity index is 2.32. The second-order valence-electron chi connectivity index (χ2n) is 4.92. The van der Waals surface area contributed by atoms with E-state index in [0.717, 1.165) is 29.4 Å². The molecule has 0 bridgehead atoms. The van der Waals surface area contributed by atoms with Crippen molar-refractivity contribution >= 4 is 22.7 Å². The molecule has 1 N–H and O–H groups in total. The molecule has 0 radical (unpaired) electrons. The zero-order valence-corrected chi connectivity index (χ0v) is 10.8. The monoisotopic (exact) mass is 257 g/mol. The van der Waals surface area contributed by atoms with E-state index in [1.807, 2.05) is 6.07 Å². The fourth-order valence-corrected chi connectivity index (χ4v) is 3.00. The smallest absolute Gasteiger partial charge is 0.335 e. The predicted octanol–water partition coefficient (Wildman–Crippen LogP) is 2.42. The molecular weight excluding hydrogens is 242 g/mol. The number of aryl methyl sites for hydroxylation is 1. The first-order valence-corrected chi connectivity index (χ1v) is 6.50. The molecule has 1 aliphatic rings. The van der Waals surface area contributed by atoms with Crippen molar-refractivity contribution in [2.45, 2.75) is 32.7 Å². The fraction of sp³-hybridized carbons (Fsp3) is 0.333. The van der Waals surface area contributed by atoms with Gasteiger partial charge in [-0.2, -0.15) is 0 Å². The number of hydrogen-bond donors (Lipinski definition) is 1. The first kappa shape index (κ1) is 12.0. The molecule has 0 aliphatic heterocycles. The number of hydrogen-bond acceptors (Lipinski definition) is 2. The molecule has 0 spiro atoms. The first-order chi connectivity index (χ1) is 9.11. The summed E-state index contributed by atoms with van der Waals surface area (Å²) in [7, 11) is 0. The van der Waals surface area contributed by atoms with E-state index in [9.17, 15) is 9.59 Å². The topological polar surface area (TPSA) is 59.3 Å². The number of carboxylic acid groups (broad SMARTS) is 1. The zero-order valence-electron chi connectivity index (χ0n) is 10.8. The van der Waals surface area contributed by atoms with Crippen molar-refractivity contribution in [3.05, 3.63) is 35.0 Å². The molecule has 4 heteroatoms. The number of benzene rings is 1. The van der Waals surface area contributed by atoms with Gasteiger partial charge in [0.15, 0.2) is 0 Å². The van der Waals surface area contributed by atoms with Crippen LogP contribution in [0.1, 0.15) is 35.0 Å². The normalized spacial score (nSPS) is 14.7. The van der Waals surface area contributed by atoms with Crippen LogP contribution in [-0.4, -0.2) is 21.4 Å². The van der Waals surface area contributed by atoms with Crippen molar-refractivity contribution in [1.29, 1.82) is 0 Å². The highest BCUT2D eigenvalue weighted by molar-refractivity contribution is 5.98. The van der Waals surface area contributed by atoms with Gasteiger partial charge in [-0.25, -0.2) is 4.79 Å². The molecule has 1 aromatic heterocycles. The van der Waals surface area contributed by atoms with Crippen molar-refractivity contribution in [1.82, 2.24) is 4.57 Å². The van der Waals surface area contributed by atoms with Crippen LogP contribution >= 0.6 is 0 Å². The predicted molar refractivity (Wildman–Crippen MR) is 71.6 cm³/mol.